The Balaban J connectivity index is 2.00. The van der Waals surface area contributed by atoms with Gasteiger partial charge in [0, 0.05) is 0 Å². The van der Waals surface area contributed by atoms with E-state index in [0.717, 1.165) is 0 Å². The predicted octanol–water partition coefficient (Wildman–Crippen LogP) is 5.87. The van der Waals surface area contributed by atoms with Crippen molar-refractivity contribution in [2.24, 2.45) is 0 Å². The van der Waals surface area contributed by atoms with Crippen LogP contribution in [-0.2, 0) is 0 Å². The van der Waals surface area contributed by atoms with Crippen LogP contribution in [0.3, 0.4) is 0 Å². The Labute approximate surface area is 103 Å². The van der Waals surface area contributed by atoms with Gasteiger partial charge in [-0.2, -0.15) is 0 Å². The summed E-state index contributed by atoms with van der Waals surface area (Å²) >= 11 is 0. The van der Waals surface area contributed by atoms with E-state index in [1.54, 1.807) is 0 Å². The maximum Gasteiger partial charge on any atom is -0.0386 e. The van der Waals surface area contributed by atoms with E-state index in [2.05, 4.69) is 12.8 Å². The van der Waals surface area contributed by atoms with E-state index in [4.69, 9.17) is 0 Å². The van der Waals surface area contributed by atoms with Gasteiger partial charge in [-0.05, 0) is 12.8 Å². The van der Waals surface area contributed by atoms with E-state index >= 15 is 0 Å². The number of hydrogen-bond acceptors (Lipinski definition) is 0. The van der Waals surface area contributed by atoms with E-state index in [1.807, 2.05) is 0 Å². The lowest BCUT2D eigenvalue weighted by Crippen LogP contribution is -1.86. The highest BCUT2D eigenvalue weighted by Crippen LogP contribution is 2.15. The lowest BCUT2D eigenvalue weighted by atomic mass is 10.0. The Kier molecular flexibility index (Phi) is 10.1. The quantitative estimate of drug-likeness (QED) is 0.481. The number of hydrogen-bond donors (Lipinski definition) is 0. The molecular formula is C16H30. The van der Waals surface area contributed by atoms with Crippen molar-refractivity contribution in [3.05, 3.63) is 12.8 Å². The molecule has 0 aliphatic heterocycles. The molecule has 0 amide bonds. The Morgan fingerprint density at radius 3 is 0.875 bits per heavy atom. The largest absolute Gasteiger partial charge is 0.0533 e. The normalized spacial score (nSPS) is 24.0. The van der Waals surface area contributed by atoms with E-state index in [-0.39, 0.29) is 0 Å². The molecular weight excluding hydrogens is 192 g/mol. The molecule has 0 nitrogen and oxygen atoms in total. The van der Waals surface area contributed by atoms with Crippen LogP contribution in [0.1, 0.15) is 89.9 Å². The van der Waals surface area contributed by atoms with Gasteiger partial charge in [0.25, 0.3) is 0 Å². The summed E-state index contributed by atoms with van der Waals surface area (Å²) in [6, 6.07) is 0. The Hall–Kier alpha value is 0. The minimum Gasteiger partial charge on any atom is -0.0533 e. The SMILES string of the molecule is [CH]1CCCCCCC[CH]CCCCCCC1. The van der Waals surface area contributed by atoms with Gasteiger partial charge in [0.1, 0.15) is 0 Å². The monoisotopic (exact) mass is 222 g/mol. The van der Waals surface area contributed by atoms with Crippen LogP contribution in [0.4, 0.5) is 0 Å². The fourth-order valence-electron chi connectivity index (χ4n) is 2.50. The molecule has 0 aromatic carbocycles. The molecule has 1 rings (SSSR count). The average molecular weight is 222 g/mol. The second-order valence-corrected chi connectivity index (χ2v) is 5.27. The van der Waals surface area contributed by atoms with Gasteiger partial charge in [0.2, 0.25) is 0 Å². The van der Waals surface area contributed by atoms with Crippen molar-refractivity contribution in [1.29, 1.82) is 0 Å². The number of rotatable bonds is 0. The standard InChI is InChI=1S/C16H30/c1-2-4-6-8-10-12-14-16-15-13-11-9-7-5-3-1/h1,16H,2-15H2. The first-order valence-corrected chi connectivity index (χ1v) is 7.63. The van der Waals surface area contributed by atoms with Gasteiger partial charge >= 0.3 is 0 Å². The van der Waals surface area contributed by atoms with Crippen molar-refractivity contribution < 1.29 is 0 Å². The van der Waals surface area contributed by atoms with Gasteiger partial charge in [-0.25, -0.2) is 0 Å². The predicted molar refractivity (Wildman–Crippen MR) is 73.2 cm³/mol. The maximum atomic E-state index is 2.53. The summed E-state index contributed by atoms with van der Waals surface area (Å²) in [6.45, 7) is 0. The Bertz CT molecular complexity index is 64.0. The van der Waals surface area contributed by atoms with Gasteiger partial charge in [-0.1, -0.05) is 89.9 Å². The van der Waals surface area contributed by atoms with Crippen LogP contribution in [0.2, 0.25) is 0 Å². The Morgan fingerprint density at radius 2 is 0.562 bits per heavy atom. The molecule has 1 saturated carbocycles. The molecule has 1 aliphatic rings. The summed E-state index contributed by atoms with van der Waals surface area (Å²) in [7, 11) is 0. The summed E-state index contributed by atoms with van der Waals surface area (Å²) in [5.41, 5.74) is 0. The van der Waals surface area contributed by atoms with Crippen LogP contribution in [0, 0.1) is 12.8 Å². The molecule has 1 fully saturated rings. The molecule has 0 N–H and O–H groups in total. The van der Waals surface area contributed by atoms with E-state index in [9.17, 15) is 0 Å². The van der Waals surface area contributed by atoms with E-state index in [1.165, 1.54) is 89.9 Å². The summed E-state index contributed by atoms with van der Waals surface area (Å²) < 4.78 is 0. The van der Waals surface area contributed by atoms with Crippen LogP contribution >= 0.6 is 0 Å². The van der Waals surface area contributed by atoms with Crippen molar-refractivity contribution in [1.82, 2.24) is 0 Å². The summed E-state index contributed by atoms with van der Waals surface area (Å²) in [5.74, 6) is 0. The lowest BCUT2D eigenvalue weighted by molar-refractivity contribution is 0.565. The van der Waals surface area contributed by atoms with Crippen molar-refractivity contribution >= 4 is 0 Å². The van der Waals surface area contributed by atoms with Gasteiger partial charge in [0.15, 0.2) is 0 Å². The van der Waals surface area contributed by atoms with Crippen LogP contribution in [-0.4, -0.2) is 0 Å². The lowest BCUT2D eigenvalue weighted by Gasteiger charge is -2.05. The topological polar surface area (TPSA) is 0 Å². The second kappa shape index (κ2) is 11.5. The van der Waals surface area contributed by atoms with Gasteiger partial charge in [-0.15, -0.1) is 0 Å². The third kappa shape index (κ3) is 9.24. The summed E-state index contributed by atoms with van der Waals surface area (Å²) in [6.07, 6.45) is 25.0. The Morgan fingerprint density at radius 1 is 0.312 bits per heavy atom. The zero-order valence-corrected chi connectivity index (χ0v) is 11.1. The zero-order chi connectivity index (χ0) is 11.3. The van der Waals surface area contributed by atoms with Crippen molar-refractivity contribution in [3.63, 3.8) is 0 Å². The van der Waals surface area contributed by atoms with E-state index < -0.39 is 0 Å². The van der Waals surface area contributed by atoms with Gasteiger partial charge in [0.05, 0.1) is 0 Å². The molecule has 0 saturated heterocycles. The van der Waals surface area contributed by atoms with Crippen molar-refractivity contribution in [3.8, 4) is 0 Å². The van der Waals surface area contributed by atoms with Crippen LogP contribution < -0.4 is 0 Å². The third-order valence-corrected chi connectivity index (χ3v) is 3.63. The zero-order valence-electron chi connectivity index (χ0n) is 11.1. The molecule has 0 heteroatoms. The molecule has 94 valence electrons. The highest BCUT2D eigenvalue weighted by atomic mass is 14.0. The molecule has 2 radical (unpaired) electrons. The van der Waals surface area contributed by atoms with E-state index in [0.29, 0.717) is 0 Å². The molecule has 0 aromatic heterocycles. The molecule has 0 aromatic rings. The molecule has 0 spiro atoms. The van der Waals surface area contributed by atoms with Crippen molar-refractivity contribution in [2.45, 2.75) is 89.9 Å². The van der Waals surface area contributed by atoms with Crippen molar-refractivity contribution in [2.75, 3.05) is 0 Å². The highest BCUT2D eigenvalue weighted by molar-refractivity contribution is 4.67. The summed E-state index contributed by atoms with van der Waals surface area (Å²) in [5, 5.41) is 0. The van der Waals surface area contributed by atoms with Gasteiger partial charge < -0.3 is 0 Å². The first-order valence-electron chi connectivity index (χ1n) is 7.63. The van der Waals surface area contributed by atoms with Crippen LogP contribution in [0.5, 0.6) is 0 Å². The van der Waals surface area contributed by atoms with Gasteiger partial charge in [-0.3, -0.25) is 0 Å². The second-order valence-electron chi connectivity index (χ2n) is 5.27. The molecule has 0 heterocycles. The molecule has 1 aliphatic carbocycles. The first kappa shape index (κ1) is 14.1. The van der Waals surface area contributed by atoms with Crippen LogP contribution in [0.25, 0.3) is 0 Å². The molecule has 0 atom stereocenters. The highest BCUT2D eigenvalue weighted by Gasteiger charge is 1.96. The minimum atomic E-state index is 1.37. The summed E-state index contributed by atoms with van der Waals surface area (Å²) in [4.78, 5) is 0. The molecule has 0 bridgehead atoms. The molecule has 16 heavy (non-hydrogen) atoms. The average Bonchev–Trinajstić information content (AvgIpc) is 2.29. The smallest absolute Gasteiger partial charge is 0.0386 e. The molecule has 0 unspecified atom stereocenters. The maximum absolute atomic E-state index is 2.53. The van der Waals surface area contributed by atoms with Crippen LogP contribution in [0.15, 0.2) is 0 Å². The fourth-order valence-corrected chi connectivity index (χ4v) is 2.50. The third-order valence-electron chi connectivity index (χ3n) is 3.63. The minimum absolute atomic E-state index is 1.37. The first-order chi connectivity index (χ1) is 8.00. The fraction of sp³-hybridized carbons (Fsp3) is 0.875.